The van der Waals surface area contributed by atoms with Gasteiger partial charge in [-0.3, -0.25) is 4.99 Å². The van der Waals surface area contributed by atoms with Crippen molar-refractivity contribution in [2.45, 2.75) is 39.0 Å². The molecule has 0 saturated carbocycles. The monoisotopic (exact) mass is 450 g/mol. The van der Waals surface area contributed by atoms with Crippen molar-refractivity contribution >= 4 is 41.3 Å². The second-order valence-corrected chi connectivity index (χ2v) is 7.29. The summed E-state index contributed by atoms with van der Waals surface area (Å²) >= 11 is 1.79. The van der Waals surface area contributed by atoms with E-state index in [9.17, 15) is 0 Å². The van der Waals surface area contributed by atoms with E-state index in [1.165, 1.54) is 43.8 Å². The van der Waals surface area contributed by atoms with E-state index in [2.05, 4.69) is 39.6 Å². The molecule has 2 rings (SSSR count). The molecule has 0 radical (unpaired) electrons. The van der Waals surface area contributed by atoms with Crippen LogP contribution in [0.25, 0.3) is 0 Å². The van der Waals surface area contributed by atoms with Crippen molar-refractivity contribution in [1.82, 2.24) is 10.2 Å². The first-order chi connectivity index (χ1) is 10.7. The number of nitrogens with two attached hydrogens (primary N) is 1. The van der Waals surface area contributed by atoms with Crippen LogP contribution in [0.2, 0.25) is 0 Å². The van der Waals surface area contributed by atoms with Gasteiger partial charge in [-0.2, -0.15) is 0 Å². The van der Waals surface area contributed by atoms with Crippen molar-refractivity contribution in [3.63, 3.8) is 0 Å². The number of nitrogens with zero attached hydrogens (tertiary/aromatic N) is 2. The fourth-order valence-corrected chi connectivity index (χ4v) is 3.47. The van der Waals surface area contributed by atoms with Crippen molar-refractivity contribution < 1.29 is 0 Å². The zero-order chi connectivity index (χ0) is 15.6. The highest BCUT2D eigenvalue weighted by Crippen LogP contribution is 2.16. The van der Waals surface area contributed by atoms with Crippen LogP contribution in [0.1, 0.15) is 37.5 Å². The van der Waals surface area contributed by atoms with Crippen molar-refractivity contribution in [1.29, 1.82) is 0 Å². The maximum absolute atomic E-state index is 5.89. The lowest BCUT2D eigenvalue weighted by Crippen LogP contribution is -2.34. The first-order valence-corrected chi connectivity index (χ1v) is 9.40. The minimum Gasteiger partial charge on any atom is -0.370 e. The molecule has 0 unspecified atom stereocenters. The molecule has 1 aliphatic heterocycles. The zero-order valence-electron chi connectivity index (χ0n) is 14.2. The quantitative estimate of drug-likeness (QED) is 0.277. The smallest absolute Gasteiger partial charge is 0.188 e. The molecule has 0 amide bonds. The van der Waals surface area contributed by atoms with Gasteiger partial charge in [0.05, 0.1) is 0 Å². The summed E-state index contributed by atoms with van der Waals surface area (Å²) in [6.45, 7) is 7.83. The normalized spacial score (nSPS) is 17.0. The minimum absolute atomic E-state index is 0. The Hall–Kier alpha value is -0.340. The molecule has 132 valence electrons. The predicted molar refractivity (Wildman–Crippen MR) is 112 cm³/mol. The summed E-state index contributed by atoms with van der Waals surface area (Å²) in [5, 5.41) is 5.30. The first kappa shape index (κ1) is 20.7. The van der Waals surface area contributed by atoms with Crippen molar-refractivity contribution in [3.05, 3.63) is 22.4 Å². The van der Waals surface area contributed by atoms with Gasteiger partial charge in [-0.05, 0) is 69.1 Å². The lowest BCUT2D eigenvalue weighted by Gasteiger charge is -2.30. The molecule has 6 heteroatoms. The van der Waals surface area contributed by atoms with Crippen molar-refractivity contribution in [3.8, 4) is 0 Å². The molecule has 0 spiro atoms. The lowest BCUT2D eigenvalue weighted by atomic mass is 9.99. The Morgan fingerprint density at radius 1 is 1.39 bits per heavy atom. The third-order valence-corrected chi connectivity index (χ3v) is 5.23. The van der Waals surface area contributed by atoms with E-state index in [1.54, 1.807) is 11.3 Å². The van der Waals surface area contributed by atoms with E-state index in [4.69, 9.17) is 5.73 Å². The van der Waals surface area contributed by atoms with Crippen LogP contribution in [0.4, 0.5) is 0 Å². The van der Waals surface area contributed by atoms with E-state index < -0.39 is 0 Å². The van der Waals surface area contributed by atoms with Crippen LogP contribution in [0.15, 0.2) is 22.5 Å². The summed E-state index contributed by atoms with van der Waals surface area (Å²) in [5.74, 6) is 1.50. The minimum atomic E-state index is 0. The molecule has 0 aromatic carbocycles. The third kappa shape index (κ3) is 8.91. The SMILES string of the molecule is CC1CCN(CCCCN=C(N)NCCc2cccs2)CC1.I. The van der Waals surface area contributed by atoms with Crippen LogP contribution in [-0.2, 0) is 6.42 Å². The molecule has 0 bridgehead atoms. The predicted octanol–water partition coefficient (Wildman–Crippen LogP) is 3.33. The second kappa shape index (κ2) is 12.1. The Balaban J connectivity index is 0.00000264. The topological polar surface area (TPSA) is 53.6 Å². The van der Waals surface area contributed by atoms with Gasteiger partial charge in [-0.15, -0.1) is 35.3 Å². The van der Waals surface area contributed by atoms with Crippen LogP contribution in [0.3, 0.4) is 0 Å². The Morgan fingerprint density at radius 3 is 2.87 bits per heavy atom. The van der Waals surface area contributed by atoms with E-state index in [0.717, 1.165) is 31.8 Å². The van der Waals surface area contributed by atoms with E-state index in [-0.39, 0.29) is 24.0 Å². The highest BCUT2D eigenvalue weighted by Gasteiger charge is 2.14. The van der Waals surface area contributed by atoms with Gasteiger partial charge in [0.1, 0.15) is 0 Å². The number of hydrogen-bond donors (Lipinski definition) is 2. The highest BCUT2D eigenvalue weighted by molar-refractivity contribution is 14.0. The summed E-state index contributed by atoms with van der Waals surface area (Å²) in [7, 11) is 0. The highest BCUT2D eigenvalue weighted by atomic mass is 127. The number of unbranched alkanes of at least 4 members (excludes halogenated alkanes) is 1. The largest absolute Gasteiger partial charge is 0.370 e. The Labute approximate surface area is 161 Å². The van der Waals surface area contributed by atoms with Gasteiger partial charge >= 0.3 is 0 Å². The number of likely N-dealkylation sites (tertiary alicyclic amines) is 1. The molecular weight excluding hydrogens is 419 g/mol. The molecule has 1 aliphatic rings. The molecular formula is C17H31IN4S. The molecule has 1 saturated heterocycles. The molecule has 3 N–H and O–H groups in total. The summed E-state index contributed by atoms with van der Waals surface area (Å²) in [4.78, 5) is 8.38. The Morgan fingerprint density at radius 2 is 2.17 bits per heavy atom. The van der Waals surface area contributed by atoms with Gasteiger partial charge in [0, 0.05) is 18.0 Å². The van der Waals surface area contributed by atoms with E-state index in [1.807, 2.05) is 0 Å². The van der Waals surface area contributed by atoms with E-state index in [0.29, 0.717) is 5.96 Å². The average Bonchev–Trinajstić information content (AvgIpc) is 3.02. The molecule has 1 aromatic rings. The van der Waals surface area contributed by atoms with Crippen LogP contribution in [-0.4, -0.2) is 43.6 Å². The molecule has 1 fully saturated rings. The third-order valence-electron chi connectivity index (χ3n) is 4.30. The summed E-state index contributed by atoms with van der Waals surface area (Å²) in [5.41, 5.74) is 5.89. The fraction of sp³-hybridized carbons (Fsp3) is 0.706. The number of nitrogens with one attached hydrogen (secondary N) is 1. The number of guanidine groups is 1. The number of aliphatic imine (C=N–C) groups is 1. The molecule has 2 heterocycles. The van der Waals surface area contributed by atoms with Gasteiger partial charge in [-0.1, -0.05) is 13.0 Å². The second-order valence-electron chi connectivity index (χ2n) is 6.25. The average molecular weight is 450 g/mol. The standard InChI is InChI=1S/C17H30N4S.HI/c1-15-7-12-21(13-8-15)11-3-2-9-19-17(18)20-10-6-16-5-4-14-22-16;/h4-5,14-15H,2-3,6-13H2,1H3,(H3,18,19,20);1H. The first-order valence-electron chi connectivity index (χ1n) is 8.52. The molecule has 23 heavy (non-hydrogen) atoms. The van der Waals surface area contributed by atoms with Crippen LogP contribution in [0.5, 0.6) is 0 Å². The number of halogens is 1. The van der Waals surface area contributed by atoms with Gasteiger partial charge < -0.3 is 16.0 Å². The van der Waals surface area contributed by atoms with Gasteiger partial charge in [0.25, 0.3) is 0 Å². The van der Waals surface area contributed by atoms with Crippen LogP contribution in [0, 0.1) is 5.92 Å². The van der Waals surface area contributed by atoms with Crippen molar-refractivity contribution in [2.24, 2.45) is 16.6 Å². The van der Waals surface area contributed by atoms with Gasteiger partial charge in [0.2, 0.25) is 0 Å². The summed E-state index contributed by atoms with van der Waals surface area (Å²) in [6, 6.07) is 4.24. The Kier molecular flexibility index (Phi) is 10.9. The molecule has 0 atom stereocenters. The fourth-order valence-electron chi connectivity index (χ4n) is 2.76. The zero-order valence-corrected chi connectivity index (χ0v) is 17.3. The number of hydrogen-bond acceptors (Lipinski definition) is 3. The lowest BCUT2D eigenvalue weighted by molar-refractivity contribution is 0.190. The summed E-state index contributed by atoms with van der Waals surface area (Å²) in [6.07, 6.45) is 6.08. The molecule has 4 nitrogen and oxygen atoms in total. The van der Waals surface area contributed by atoms with Crippen molar-refractivity contribution in [2.75, 3.05) is 32.7 Å². The molecule has 1 aromatic heterocycles. The van der Waals surface area contributed by atoms with Gasteiger partial charge in [-0.25, -0.2) is 0 Å². The number of piperidine rings is 1. The maximum Gasteiger partial charge on any atom is 0.188 e. The molecule has 0 aliphatic carbocycles. The van der Waals surface area contributed by atoms with E-state index >= 15 is 0 Å². The Bertz CT molecular complexity index is 428. The maximum atomic E-state index is 5.89. The van der Waals surface area contributed by atoms with Gasteiger partial charge in [0.15, 0.2) is 5.96 Å². The number of thiophene rings is 1. The van der Waals surface area contributed by atoms with Crippen LogP contribution < -0.4 is 11.1 Å². The number of rotatable bonds is 8. The summed E-state index contributed by atoms with van der Waals surface area (Å²) < 4.78 is 0. The van der Waals surface area contributed by atoms with Crippen LogP contribution >= 0.6 is 35.3 Å².